The first-order valence-corrected chi connectivity index (χ1v) is 4.65. The summed E-state index contributed by atoms with van der Waals surface area (Å²) in [5, 5.41) is 8.20. The Morgan fingerprint density at radius 1 is 1.00 bits per heavy atom. The first-order valence-electron chi connectivity index (χ1n) is 4.65. The van der Waals surface area contributed by atoms with Crippen LogP contribution >= 0.6 is 0 Å². The molecular formula is C10H8F6O2. The number of benzene rings is 1. The lowest BCUT2D eigenvalue weighted by Gasteiger charge is -2.16. The number of alkyl halides is 2. The van der Waals surface area contributed by atoms with Gasteiger partial charge in [-0.2, -0.15) is 8.78 Å². The van der Waals surface area contributed by atoms with Gasteiger partial charge < -0.3 is 9.84 Å². The van der Waals surface area contributed by atoms with E-state index < -0.39 is 53.7 Å². The lowest BCUT2D eigenvalue weighted by atomic mass is 10.2. The number of aliphatic hydroxyl groups is 1. The predicted octanol–water partition coefficient (Wildman–Crippen LogP) is 2.56. The van der Waals surface area contributed by atoms with Crippen LogP contribution in [0.15, 0.2) is 0 Å². The predicted molar refractivity (Wildman–Crippen MR) is 48.5 cm³/mol. The van der Waals surface area contributed by atoms with E-state index in [0.29, 0.717) is 0 Å². The van der Waals surface area contributed by atoms with Crippen molar-refractivity contribution in [2.24, 2.45) is 0 Å². The van der Waals surface area contributed by atoms with E-state index in [2.05, 4.69) is 4.74 Å². The van der Waals surface area contributed by atoms with Crippen molar-refractivity contribution in [1.29, 1.82) is 0 Å². The maximum absolute atomic E-state index is 13.2. The van der Waals surface area contributed by atoms with E-state index in [-0.39, 0.29) is 0 Å². The van der Waals surface area contributed by atoms with Gasteiger partial charge in [-0.1, -0.05) is 0 Å². The summed E-state index contributed by atoms with van der Waals surface area (Å²) in [6.45, 7) is -2.46. The van der Waals surface area contributed by atoms with Gasteiger partial charge in [0.15, 0.2) is 24.0 Å². The summed E-state index contributed by atoms with van der Waals surface area (Å²) in [5.41, 5.74) is -0.925. The second kappa shape index (κ2) is 5.05. The van der Waals surface area contributed by atoms with Crippen LogP contribution in [0.2, 0.25) is 0 Å². The van der Waals surface area contributed by atoms with Crippen molar-refractivity contribution in [2.75, 3.05) is 13.2 Å². The minimum Gasteiger partial charge on any atom is -0.481 e. The van der Waals surface area contributed by atoms with Crippen LogP contribution in [0.25, 0.3) is 0 Å². The molecule has 1 aromatic rings. The third kappa shape index (κ3) is 2.69. The van der Waals surface area contributed by atoms with Gasteiger partial charge >= 0.3 is 5.92 Å². The molecule has 18 heavy (non-hydrogen) atoms. The summed E-state index contributed by atoms with van der Waals surface area (Å²) in [6.07, 6.45) is 0. The van der Waals surface area contributed by atoms with Crippen molar-refractivity contribution in [3.63, 3.8) is 0 Å². The Morgan fingerprint density at radius 2 is 1.44 bits per heavy atom. The van der Waals surface area contributed by atoms with Crippen LogP contribution in [0.1, 0.15) is 5.56 Å². The van der Waals surface area contributed by atoms with Crippen LogP contribution in [0.4, 0.5) is 26.3 Å². The van der Waals surface area contributed by atoms with Crippen LogP contribution in [0.5, 0.6) is 5.75 Å². The van der Waals surface area contributed by atoms with E-state index in [0.717, 1.165) is 6.92 Å². The summed E-state index contributed by atoms with van der Waals surface area (Å²) >= 11 is 0. The highest BCUT2D eigenvalue weighted by atomic mass is 19.3. The molecule has 0 aliphatic heterocycles. The van der Waals surface area contributed by atoms with E-state index >= 15 is 0 Å². The van der Waals surface area contributed by atoms with E-state index in [4.69, 9.17) is 5.11 Å². The summed E-state index contributed by atoms with van der Waals surface area (Å²) in [4.78, 5) is 0. The van der Waals surface area contributed by atoms with Crippen molar-refractivity contribution < 1.29 is 36.2 Å². The van der Waals surface area contributed by atoms with Crippen molar-refractivity contribution in [3.8, 4) is 5.75 Å². The summed E-state index contributed by atoms with van der Waals surface area (Å²) in [5.74, 6) is -12.6. The molecule has 1 aromatic carbocycles. The van der Waals surface area contributed by atoms with E-state index in [9.17, 15) is 26.3 Å². The second-order valence-corrected chi connectivity index (χ2v) is 3.51. The smallest absolute Gasteiger partial charge is 0.303 e. The van der Waals surface area contributed by atoms with Gasteiger partial charge in [-0.25, -0.2) is 17.6 Å². The maximum atomic E-state index is 13.2. The van der Waals surface area contributed by atoms with Crippen LogP contribution in [-0.2, 0) is 0 Å². The average Bonchev–Trinajstić information content (AvgIpc) is 2.34. The van der Waals surface area contributed by atoms with E-state index in [1.807, 2.05) is 0 Å². The molecule has 0 heterocycles. The van der Waals surface area contributed by atoms with Crippen molar-refractivity contribution in [3.05, 3.63) is 28.8 Å². The Morgan fingerprint density at radius 3 is 1.83 bits per heavy atom. The topological polar surface area (TPSA) is 29.5 Å². The van der Waals surface area contributed by atoms with Crippen LogP contribution in [-0.4, -0.2) is 24.2 Å². The largest absolute Gasteiger partial charge is 0.481 e. The van der Waals surface area contributed by atoms with Crippen molar-refractivity contribution in [1.82, 2.24) is 0 Å². The quantitative estimate of drug-likeness (QED) is 0.675. The van der Waals surface area contributed by atoms with Gasteiger partial charge in [0.05, 0.1) is 0 Å². The fraction of sp³-hybridized carbons (Fsp3) is 0.400. The van der Waals surface area contributed by atoms with Gasteiger partial charge in [-0.05, 0) is 6.92 Å². The monoisotopic (exact) mass is 274 g/mol. The standard InChI is InChI=1S/C10H8F6O2/c1-4-5(11)7(13)9(8(14)6(4)12)18-3-10(15,16)2-17/h17H,2-3H2,1H3. The maximum Gasteiger partial charge on any atom is 0.303 e. The van der Waals surface area contributed by atoms with Crippen molar-refractivity contribution >= 4 is 0 Å². The lowest BCUT2D eigenvalue weighted by Crippen LogP contribution is -2.30. The number of rotatable bonds is 4. The van der Waals surface area contributed by atoms with Crippen LogP contribution in [0.3, 0.4) is 0 Å². The average molecular weight is 274 g/mol. The molecule has 0 saturated heterocycles. The highest BCUT2D eigenvalue weighted by Gasteiger charge is 2.32. The van der Waals surface area contributed by atoms with Crippen LogP contribution < -0.4 is 4.74 Å². The molecule has 0 aromatic heterocycles. The Labute approximate surface area is 97.8 Å². The molecule has 0 aliphatic rings. The molecule has 0 aliphatic carbocycles. The molecule has 0 radical (unpaired) electrons. The van der Waals surface area contributed by atoms with Gasteiger partial charge in [0.1, 0.15) is 6.61 Å². The van der Waals surface area contributed by atoms with Gasteiger partial charge in [0, 0.05) is 5.56 Å². The van der Waals surface area contributed by atoms with Gasteiger partial charge in [-0.3, -0.25) is 0 Å². The molecule has 1 rings (SSSR count). The highest BCUT2D eigenvalue weighted by Crippen LogP contribution is 2.30. The Hall–Kier alpha value is -1.44. The molecule has 0 atom stereocenters. The lowest BCUT2D eigenvalue weighted by molar-refractivity contribution is -0.0815. The molecule has 0 fully saturated rings. The molecule has 1 N–H and O–H groups in total. The molecule has 2 nitrogen and oxygen atoms in total. The van der Waals surface area contributed by atoms with Gasteiger partial charge in [-0.15, -0.1) is 0 Å². The molecule has 0 amide bonds. The van der Waals surface area contributed by atoms with Crippen molar-refractivity contribution in [2.45, 2.75) is 12.8 Å². The molecule has 102 valence electrons. The molecule has 0 bridgehead atoms. The highest BCUT2D eigenvalue weighted by molar-refractivity contribution is 5.33. The molecule has 0 unspecified atom stereocenters. The number of ether oxygens (including phenoxy) is 1. The molecule has 0 saturated carbocycles. The molecule has 0 spiro atoms. The number of aliphatic hydroxyl groups excluding tert-OH is 1. The SMILES string of the molecule is Cc1c(F)c(F)c(OCC(F)(F)CO)c(F)c1F. The molecule has 8 heteroatoms. The first-order chi connectivity index (χ1) is 8.21. The first kappa shape index (κ1) is 14.6. The fourth-order valence-corrected chi connectivity index (χ4v) is 1.07. The number of hydrogen-bond donors (Lipinski definition) is 1. The summed E-state index contributed by atoms with van der Waals surface area (Å²) in [7, 11) is 0. The molecular weight excluding hydrogens is 266 g/mol. The van der Waals surface area contributed by atoms with E-state index in [1.165, 1.54) is 0 Å². The summed E-state index contributed by atoms with van der Waals surface area (Å²) < 4.78 is 81.6. The Kier molecular flexibility index (Phi) is 4.10. The zero-order valence-electron chi connectivity index (χ0n) is 9.04. The normalized spacial score (nSPS) is 11.8. The fourth-order valence-electron chi connectivity index (χ4n) is 1.07. The van der Waals surface area contributed by atoms with E-state index in [1.54, 1.807) is 0 Å². The van der Waals surface area contributed by atoms with Crippen LogP contribution in [0, 0.1) is 30.2 Å². The second-order valence-electron chi connectivity index (χ2n) is 3.51. The summed E-state index contributed by atoms with van der Waals surface area (Å²) in [6, 6.07) is 0. The Bertz CT molecular complexity index is 431. The third-order valence-electron chi connectivity index (χ3n) is 2.10. The van der Waals surface area contributed by atoms with Gasteiger partial charge in [0.2, 0.25) is 11.6 Å². The minimum atomic E-state index is -3.78. The third-order valence-corrected chi connectivity index (χ3v) is 2.10. The Balaban J connectivity index is 3.11. The number of halogens is 6. The minimum absolute atomic E-state index is 0.781. The zero-order chi connectivity index (χ0) is 14.1. The zero-order valence-corrected chi connectivity index (χ0v) is 9.04. The number of hydrogen-bond acceptors (Lipinski definition) is 2. The van der Waals surface area contributed by atoms with Gasteiger partial charge in [0.25, 0.3) is 0 Å².